The van der Waals surface area contributed by atoms with E-state index in [1.165, 1.54) is 18.9 Å². The average Bonchev–Trinajstić information content (AvgIpc) is 3.55. The standard InChI is InChI=1S/C24H23N3O2/c1-17-4-5-20(9-8-19-6-7-19)13-21(17)15-27-18(2)12-22(14-24(27)28)29-16-23-25-10-3-11-26-23/h3-5,10-14,19H,6-7,15-16H2,1-2H3. The normalized spacial score (nSPS) is 12.9. The van der Waals surface area contributed by atoms with Crippen LogP contribution in [0.4, 0.5) is 0 Å². The number of benzene rings is 1. The van der Waals surface area contributed by atoms with Crippen LogP contribution in [0.3, 0.4) is 0 Å². The molecule has 0 spiro atoms. The second-order valence-electron chi connectivity index (χ2n) is 7.40. The van der Waals surface area contributed by atoms with Crippen molar-refractivity contribution in [3.63, 3.8) is 0 Å². The van der Waals surface area contributed by atoms with Crippen LogP contribution in [0.2, 0.25) is 0 Å². The number of rotatable bonds is 5. The Morgan fingerprint density at radius 1 is 1.14 bits per heavy atom. The first-order chi connectivity index (χ1) is 14.1. The van der Waals surface area contributed by atoms with Gasteiger partial charge in [-0.25, -0.2) is 9.97 Å². The molecular formula is C24H23N3O2. The molecule has 0 unspecified atom stereocenters. The fourth-order valence-corrected chi connectivity index (χ4v) is 3.04. The minimum Gasteiger partial charge on any atom is -0.485 e. The molecule has 1 saturated carbocycles. The summed E-state index contributed by atoms with van der Waals surface area (Å²) in [6, 6.07) is 11.4. The molecule has 0 N–H and O–H groups in total. The molecule has 0 atom stereocenters. The highest BCUT2D eigenvalue weighted by molar-refractivity contribution is 5.41. The third-order valence-corrected chi connectivity index (χ3v) is 4.97. The van der Waals surface area contributed by atoms with Crippen molar-refractivity contribution in [2.75, 3.05) is 0 Å². The Balaban J connectivity index is 1.52. The highest BCUT2D eigenvalue weighted by atomic mass is 16.5. The van der Waals surface area contributed by atoms with Crippen LogP contribution in [0, 0.1) is 31.6 Å². The Labute approximate surface area is 170 Å². The first-order valence-electron chi connectivity index (χ1n) is 9.80. The molecule has 5 heteroatoms. The lowest BCUT2D eigenvalue weighted by atomic mass is 10.0. The molecule has 2 aromatic heterocycles. The number of pyridine rings is 1. The van der Waals surface area contributed by atoms with Gasteiger partial charge >= 0.3 is 0 Å². The van der Waals surface area contributed by atoms with Crippen molar-refractivity contribution < 1.29 is 4.74 Å². The van der Waals surface area contributed by atoms with Crippen molar-refractivity contribution in [3.8, 4) is 17.6 Å². The number of nitrogens with zero attached hydrogens (tertiary/aromatic N) is 3. The van der Waals surface area contributed by atoms with Gasteiger partial charge in [0.05, 0.1) is 6.54 Å². The lowest BCUT2D eigenvalue weighted by molar-refractivity contribution is 0.294. The summed E-state index contributed by atoms with van der Waals surface area (Å²) < 4.78 is 7.46. The van der Waals surface area contributed by atoms with E-state index in [0.29, 0.717) is 24.0 Å². The second kappa shape index (κ2) is 8.32. The van der Waals surface area contributed by atoms with Gasteiger partial charge in [-0.3, -0.25) is 4.79 Å². The van der Waals surface area contributed by atoms with Gasteiger partial charge in [-0.15, -0.1) is 0 Å². The van der Waals surface area contributed by atoms with Gasteiger partial charge in [-0.1, -0.05) is 17.9 Å². The Kier molecular flexibility index (Phi) is 5.44. The summed E-state index contributed by atoms with van der Waals surface area (Å²) in [6.45, 7) is 4.71. The Morgan fingerprint density at radius 2 is 1.93 bits per heavy atom. The van der Waals surface area contributed by atoms with Crippen molar-refractivity contribution in [1.82, 2.24) is 14.5 Å². The summed E-state index contributed by atoms with van der Waals surface area (Å²) in [5.41, 5.74) is 4.00. The van der Waals surface area contributed by atoms with Crippen molar-refractivity contribution in [2.45, 2.75) is 39.8 Å². The molecule has 0 bridgehead atoms. The first-order valence-corrected chi connectivity index (χ1v) is 9.80. The molecule has 0 saturated heterocycles. The summed E-state index contributed by atoms with van der Waals surface area (Å²) >= 11 is 0. The molecule has 3 aromatic rings. The molecule has 2 heterocycles. The van der Waals surface area contributed by atoms with Gasteiger partial charge in [0.1, 0.15) is 12.4 Å². The molecule has 29 heavy (non-hydrogen) atoms. The Hall–Kier alpha value is -3.39. The predicted octanol–water partition coefficient (Wildman–Crippen LogP) is 3.64. The minimum atomic E-state index is -0.0946. The Morgan fingerprint density at radius 3 is 2.66 bits per heavy atom. The van der Waals surface area contributed by atoms with Gasteiger partial charge in [-0.05, 0) is 62.1 Å². The zero-order chi connectivity index (χ0) is 20.2. The molecule has 1 aromatic carbocycles. The van der Waals surface area contributed by atoms with Gasteiger partial charge < -0.3 is 9.30 Å². The minimum absolute atomic E-state index is 0.0946. The largest absolute Gasteiger partial charge is 0.485 e. The van der Waals surface area contributed by atoms with Crippen LogP contribution in [-0.4, -0.2) is 14.5 Å². The molecule has 0 amide bonds. The zero-order valence-corrected chi connectivity index (χ0v) is 16.7. The van der Waals surface area contributed by atoms with Crippen LogP contribution in [0.5, 0.6) is 5.75 Å². The quantitative estimate of drug-likeness (QED) is 0.629. The number of ether oxygens (including phenoxy) is 1. The van der Waals surface area contributed by atoms with E-state index in [4.69, 9.17) is 4.74 Å². The molecular weight excluding hydrogens is 362 g/mol. The lowest BCUT2D eigenvalue weighted by Crippen LogP contribution is -2.22. The lowest BCUT2D eigenvalue weighted by Gasteiger charge is -2.14. The summed E-state index contributed by atoms with van der Waals surface area (Å²) in [7, 11) is 0. The van der Waals surface area contributed by atoms with E-state index in [0.717, 1.165) is 22.4 Å². The van der Waals surface area contributed by atoms with E-state index in [9.17, 15) is 4.79 Å². The summed E-state index contributed by atoms with van der Waals surface area (Å²) in [6.07, 6.45) is 5.76. The molecule has 5 nitrogen and oxygen atoms in total. The van der Waals surface area contributed by atoms with Crippen molar-refractivity contribution in [1.29, 1.82) is 0 Å². The maximum atomic E-state index is 12.7. The SMILES string of the molecule is Cc1ccc(C#CC2CC2)cc1Cn1c(C)cc(OCc2ncccn2)cc1=O. The van der Waals surface area contributed by atoms with Gasteiger partial charge in [0, 0.05) is 35.6 Å². The molecule has 1 aliphatic carbocycles. The molecule has 1 aliphatic rings. The summed E-state index contributed by atoms with van der Waals surface area (Å²) in [5.74, 6) is 8.23. The number of hydrogen-bond acceptors (Lipinski definition) is 4. The molecule has 0 radical (unpaired) electrons. The third-order valence-electron chi connectivity index (χ3n) is 4.97. The fraction of sp³-hybridized carbons (Fsp3) is 0.292. The van der Waals surface area contributed by atoms with Crippen molar-refractivity contribution in [2.24, 2.45) is 5.92 Å². The Bertz CT molecular complexity index is 1140. The van der Waals surface area contributed by atoms with E-state index < -0.39 is 0 Å². The molecule has 0 aliphatic heterocycles. The maximum absolute atomic E-state index is 12.7. The predicted molar refractivity (Wildman–Crippen MR) is 112 cm³/mol. The molecule has 146 valence electrons. The summed E-state index contributed by atoms with van der Waals surface area (Å²) in [5, 5.41) is 0. The van der Waals surface area contributed by atoms with E-state index in [1.807, 2.05) is 19.1 Å². The van der Waals surface area contributed by atoms with E-state index >= 15 is 0 Å². The molecule has 4 rings (SSSR count). The topological polar surface area (TPSA) is 57.0 Å². The monoisotopic (exact) mass is 385 g/mol. The van der Waals surface area contributed by atoms with E-state index in [1.54, 1.807) is 23.0 Å². The van der Waals surface area contributed by atoms with Gasteiger partial charge in [0.15, 0.2) is 5.82 Å². The summed E-state index contributed by atoms with van der Waals surface area (Å²) in [4.78, 5) is 21.0. The molecule has 1 fully saturated rings. The second-order valence-corrected chi connectivity index (χ2v) is 7.40. The van der Waals surface area contributed by atoms with E-state index in [-0.39, 0.29) is 12.2 Å². The van der Waals surface area contributed by atoms with Gasteiger partial charge in [0.25, 0.3) is 5.56 Å². The van der Waals surface area contributed by atoms with Crippen LogP contribution in [0.1, 0.15) is 41.1 Å². The number of aryl methyl sites for hydroxylation is 2. The van der Waals surface area contributed by atoms with Crippen molar-refractivity contribution in [3.05, 3.63) is 87.4 Å². The van der Waals surface area contributed by atoms with Crippen LogP contribution >= 0.6 is 0 Å². The van der Waals surface area contributed by atoms with Crippen LogP contribution in [0.25, 0.3) is 0 Å². The fourth-order valence-electron chi connectivity index (χ4n) is 3.04. The smallest absolute Gasteiger partial charge is 0.254 e. The van der Waals surface area contributed by atoms with Crippen LogP contribution in [0.15, 0.2) is 53.6 Å². The third kappa shape index (κ3) is 4.91. The highest BCUT2D eigenvalue weighted by Gasteiger charge is 2.17. The van der Waals surface area contributed by atoms with Gasteiger partial charge in [-0.2, -0.15) is 0 Å². The number of hydrogen-bond donors (Lipinski definition) is 0. The first kappa shape index (κ1) is 18.9. The van der Waals surface area contributed by atoms with Crippen LogP contribution < -0.4 is 10.3 Å². The maximum Gasteiger partial charge on any atom is 0.254 e. The van der Waals surface area contributed by atoms with Crippen LogP contribution in [-0.2, 0) is 13.2 Å². The zero-order valence-electron chi connectivity index (χ0n) is 16.7. The van der Waals surface area contributed by atoms with E-state index in [2.05, 4.69) is 40.9 Å². The highest BCUT2D eigenvalue weighted by Crippen LogP contribution is 2.27. The van der Waals surface area contributed by atoms with Crippen molar-refractivity contribution >= 4 is 0 Å². The van der Waals surface area contributed by atoms with Gasteiger partial charge in [0.2, 0.25) is 0 Å². The number of aromatic nitrogens is 3. The average molecular weight is 385 g/mol.